The first-order chi connectivity index (χ1) is 30.4. The molecule has 2 aliphatic heterocycles. The van der Waals surface area contributed by atoms with Crippen LogP contribution in [-0.4, -0.2) is 45.2 Å². The number of phenolic OH excluding ortho intramolecular Hbond substituents is 1. The molecule has 0 unspecified atom stereocenters. The van der Waals surface area contributed by atoms with Gasteiger partial charge < -0.3 is 29.9 Å². The lowest BCUT2D eigenvalue weighted by molar-refractivity contribution is 0.102. The first-order valence-corrected chi connectivity index (χ1v) is 20.1. The first-order valence-electron chi connectivity index (χ1n) is 20.1. The van der Waals surface area contributed by atoms with Gasteiger partial charge in [0, 0.05) is 55.6 Å². The van der Waals surface area contributed by atoms with E-state index in [9.17, 15) is 9.90 Å². The van der Waals surface area contributed by atoms with Crippen molar-refractivity contribution < 1.29 is 19.4 Å². The van der Waals surface area contributed by atoms with Crippen LogP contribution >= 0.6 is 0 Å². The lowest BCUT2D eigenvalue weighted by atomic mass is 10.0. The number of anilines is 1. The molecule has 5 aromatic carbocycles. The predicted molar refractivity (Wildman–Crippen MR) is 250 cm³/mol. The number of methoxy groups -OCH3 is 2. The average Bonchev–Trinajstić information content (AvgIpc) is 4.17. The van der Waals surface area contributed by atoms with E-state index < -0.39 is 0 Å². The van der Waals surface area contributed by atoms with Crippen LogP contribution < -0.4 is 14.8 Å². The van der Waals surface area contributed by atoms with Crippen molar-refractivity contribution in [2.45, 2.75) is 0 Å². The summed E-state index contributed by atoms with van der Waals surface area (Å²) in [6.07, 6.45) is 8.19. The number of phenols is 1. The van der Waals surface area contributed by atoms with Crippen LogP contribution in [0.2, 0.25) is 0 Å². The molecule has 8 bridgehead atoms. The van der Waals surface area contributed by atoms with E-state index in [0.29, 0.717) is 11.3 Å². The fourth-order valence-corrected chi connectivity index (χ4v) is 8.08. The number of rotatable bonds is 8. The summed E-state index contributed by atoms with van der Waals surface area (Å²) in [5.41, 5.74) is 15.0. The Labute approximate surface area is 357 Å². The molecule has 5 heterocycles. The number of hydrogen-bond acceptors (Lipinski definition) is 6. The van der Waals surface area contributed by atoms with Gasteiger partial charge >= 0.3 is 0 Å². The van der Waals surface area contributed by atoms with Gasteiger partial charge in [-0.1, -0.05) is 66.7 Å². The van der Waals surface area contributed by atoms with Gasteiger partial charge in [0.1, 0.15) is 17.2 Å². The monoisotopic (exact) mass is 809 g/mol. The van der Waals surface area contributed by atoms with Gasteiger partial charge in [0.25, 0.3) is 5.91 Å². The van der Waals surface area contributed by atoms with Crippen LogP contribution in [0.4, 0.5) is 5.69 Å². The molecular weight excluding hydrogens is 771 g/mol. The van der Waals surface area contributed by atoms with Gasteiger partial charge in [-0.25, -0.2) is 9.97 Å². The molecule has 2 aliphatic rings. The SMILES string of the molecule is COc1ccc(-c2c3nc(c(-c4ccc(NC(=O)c5ccccc5)cc4)c4ccc([nH]4)c(-c4ccc(OC)cc4)c4nc(c(-c5ccc(O)cc5)c5ccc2[nH]5)C=C4)C=C3)cc1. The number of benzene rings is 5. The minimum Gasteiger partial charge on any atom is -0.508 e. The molecule has 8 aromatic rings. The fraction of sp³-hybridized carbons (Fsp3) is 0.0377. The summed E-state index contributed by atoms with van der Waals surface area (Å²) in [6.45, 7) is 0. The minimum atomic E-state index is -0.181. The summed E-state index contributed by atoms with van der Waals surface area (Å²) in [4.78, 5) is 31.3. The third-order valence-corrected chi connectivity index (χ3v) is 11.1. The lowest BCUT2D eigenvalue weighted by Gasteiger charge is -2.09. The van der Waals surface area contributed by atoms with Crippen molar-refractivity contribution >= 4 is 58.0 Å². The number of H-pyrrole nitrogens is 2. The Balaban J connectivity index is 1.27. The number of nitrogens with one attached hydrogen (secondary N) is 3. The van der Waals surface area contributed by atoms with E-state index in [0.717, 1.165) is 101 Å². The third kappa shape index (κ3) is 7.18. The molecule has 1 amide bonds. The predicted octanol–water partition coefficient (Wildman–Crippen LogP) is 12.3. The highest BCUT2D eigenvalue weighted by Gasteiger charge is 2.19. The van der Waals surface area contributed by atoms with Crippen molar-refractivity contribution in [2.24, 2.45) is 0 Å². The Hall–Kier alpha value is -8.43. The maximum Gasteiger partial charge on any atom is 0.255 e. The van der Waals surface area contributed by atoms with Gasteiger partial charge in [0.15, 0.2) is 0 Å². The zero-order chi connectivity index (χ0) is 42.2. The van der Waals surface area contributed by atoms with E-state index in [-0.39, 0.29) is 11.7 Å². The third-order valence-electron chi connectivity index (χ3n) is 11.1. The number of fused-ring (bicyclic) bond motifs is 8. The Kier molecular flexibility index (Phi) is 9.74. The largest absolute Gasteiger partial charge is 0.508 e. The molecule has 0 spiro atoms. The summed E-state index contributed by atoms with van der Waals surface area (Å²) in [5, 5.41) is 13.3. The number of amides is 1. The Morgan fingerprint density at radius 2 is 0.823 bits per heavy atom. The Bertz CT molecular complexity index is 3170. The molecular formula is C53H39N5O4. The van der Waals surface area contributed by atoms with Crippen molar-refractivity contribution in [3.05, 3.63) is 180 Å². The zero-order valence-electron chi connectivity index (χ0n) is 33.8. The highest BCUT2D eigenvalue weighted by molar-refractivity contribution is 6.05. The highest BCUT2D eigenvalue weighted by atomic mass is 16.5. The maximum absolute atomic E-state index is 13.1. The van der Waals surface area contributed by atoms with Crippen molar-refractivity contribution in [2.75, 3.05) is 19.5 Å². The number of carbonyl (C=O) groups is 1. The van der Waals surface area contributed by atoms with Crippen LogP contribution in [0.3, 0.4) is 0 Å². The van der Waals surface area contributed by atoms with E-state index in [1.54, 1.807) is 38.5 Å². The Morgan fingerprint density at radius 3 is 1.19 bits per heavy atom. The minimum absolute atomic E-state index is 0.179. The van der Waals surface area contributed by atoms with Crippen LogP contribution in [-0.2, 0) is 0 Å². The van der Waals surface area contributed by atoms with Gasteiger partial charge in [-0.05, 0) is 131 Å². The number of hydrogen-bond donors (Lipinski definition) is 4. The quantitative estimate of drug-likeness (QED) is 0.121. The normalized spacial score (nSPS) is 11.7. The van der Waals surface area contributed by atoms with E-state index in [1.165, 1.54) is 0 Å². The molecule has 0 radical (unpaired) electrons. The zero-order valence-corrected chi connectivity index (χ0v) is 33.8. The standard InChI is InChI=1S/C53H39N5O4/c1-61-39-20-12-34(13-21-39)51-45-28-24-41(55-45)49(32-8-16-37(17-9-32)54-53(60)36-6-4-3-5-7-36)42-25-29-46(56-42)52(35-14-22-40(62-2)23-15-35)48-31-27-44(58-48)50(43-26-30-47(51)57-43)33-10-18-38(59)19-11-33/h3-31,55,58-59H,1-2H3,(H,54,60). The molecule has 0 atom stereocenters. The van der Waals surface area contributed by atoms with Gasteiger partial charge in [-0.15, -0.1) is 0 Å². The van der Waals surface area contributed by atoms with E-state index in [1.807, 2.05) is 115 Å². The van der Waals surface area contributed by atoms with E-state index in [2.05, 4.69) is 51.7 Å². The summed E-state index contributed by atoms with van der Waals surface area (Å²) < 4.78 is 11.1. The molecule has 300 valence electrons. The second-order valence-corrected chi connectivity index (χ2v) is 14.9. The molecule has 10 rings (SSSR count). The van der Waals surface area contributed by atoms with Crippen LogP contribution in [0, 0.1) is 0 Å². The lowest BCUT2D eigenvalue weighted by Crippen LogP contribution is -2.11. The van der Waals surface area contributed by atoms with Gasteiger partial charge in [0.2, 0.25) is 0 Å². The van der Waals surface area contributed by atoms with Crippen molar-refractivity contribution in [1.29, 1.82) is 0 Å². The molecule has 4 N–H and O–H groups in total. The molecule has 0 saturated carbocycles. The van der Waals surface area contributed by atoms with Crippen LogP contribution in [0.15, 0.2) is 152 Å². The first kappa shape index (κ1) is 37.8. The number of ether oxygens (including phenoxy) is 2. The van der Waals surface area contributed by atoms with Crippen LogP contribution in [0.25, 0.3) is 90.9 Å². The number of carbonyl (C=O) groups excluding carboxylic acids is 1. The molecule has 62 heavy (non-hydrogen) atoms. The van der Waals surface area contributed by atoms with Crippen molar-refractivity contribution in [3.63, 3.8) is 0 Å². The van der Waals surface area contributed by atoms with Gasteiger partial charge in [-0.2, -0.15) is 0 Å². The van der Waals surface area contributed by atoms with E-state index >= 15 is 0 Å². The number of nitrogens with zero attached hydrogens (tertiary/aromatic N) is 2. The molecule has 9 heteroatoms. The Morgan fingerprint density at radius 1 is 0.468 bits per heavy atom. The van der Waals surface area contributed by atoms with Crippen molar-refractivity contribution in [1.82, 2.24) is 19.9 Å². The van der Waals surface area contributed by atoms with Crippen molar-refractivity contribution in [3.8, 4) is 61.8 Å². The van der Waals surface area contributed by atoms with Gasteiger partial charge in [-0.3, -0.25) is 4.79 Å². The summed E-state index contributed by atoms with van der Waals surface area (Å²) in [6, 6.07) is 48.5. The van der Waals surface area contributed by atoms with Crippen LogP contribution in [0.5, 0.6) is 17.2 Å². The van der Waals surface area contributed by atoms with Crippen LogP contribution in [0.1, 0.15) is 33.1 Å². The molecule has 0 fully saturated rings. The molecule has 0 aliphatic carbocycles. The molecule has 3 aromatic heterocycles. The topological polar surface area (TPSA) is 125 Å². The molecule has 0 saturated heterocycles. The second-order valence-electron chi connectivity index (χ2n) is 14.9. The summed E-state index contributed by atoms with van der Waals surface area (Å²) in [7, 11) is 3.32. The smallest absolute Gasteiger partial charge is 0.255 e. The maximum atomic E-state index is 13.1. The number of aromatic hydroxyl groups is 1. The fourth-order valence-electron chi connectivity index (χ4n) is 8.08. The average molecular weight is 810 g/mol. The number of aromatic nitrogens is 4. The highest BCUT2D eigenvalue weighted by Crippen LogP contribution is 2.39. The van der Waals surface area contributed by atoms with Gasteiger partial charge in [0.05, 0.1) is 37.0 Å². The second kappa shape index (κ2) is 16.0. The summed E-state index contributed by atoms with van der Waals surface area (Å²) >= 11 is 0. The van der Waals surface area contributed by atoms with E-state index in [4.69, 9.17) is 19.4 Å². The molecule has 9 nitrogen and oxygen atoms in total. The summed E-state index contributed by atoms with van der Waals surface area (Å²) in [5.74, 6) is 1.50. The number of aromatic amines is 2.